The molecule has 0 saturated heterocycles. The van der Waals surface area contributed by atoms with Gasteiger partial charge in [-0.05, 0) is 12.5 Å². The summed E-state index contributed by atoms with van der Waals surface area (Å²) in [7, 11) is -3.91. The lowest BCUT2D eigenvalue weighted by Gasteiger charge is -2.13. The number of hydrogen-bond donors (Lipinski definition) is 2. The molecule has 88 valence electrons. The molecule has 0 amide bonds. The molecule has 0 aromatic heterocycles. The molecule has 0 heterocycles. The maximum Gasteiger partial charge on any atom is 0.320 e. The van der Waals surface area contributed by atoms with Gasteiger partial charge in [0.1, 0.15) is 12.3 Å². The van der Waals surface area contributed by atoms with E-state index in [0.29, 0.717) is 0 Å². The summed E-state index contributed by atoms with van der Waals surface area (Å²) < 4.78 is 15.9. The van der Waals surface area contributed by atoms with Crippen LogP contribution in [0.4, 0.5) is 0 Å². The third-order valence-electron chi connectivity index (χ3n) is 2.12. The van der Waals surface area contributed by atoms with Gasteiger partial charge in [0.25, 0.3) is 7.52 Å². The summed E-state index contributed by atoms with van der Waals surface area (Å²) in [5.74, 6) is -0.766. The molecule has 0 fully saturated rings. The van der Waals surface area contributed by atoms with E-state index in [1.807, 2.05) is 18.2 Å². The Bertz CT molecular complexity index is 401. The number of nitrogens with two attached hydrogens (primary N) is 1. The molecule has 1 aromatic carbocycles. The average molecular weight is 243 g/mol. The van der Waals surface area contributed by atoms with E-state index in [2.05, 4.69) is 0 Å². The van der Waals surface area contributed by atoms with Crippen molar-refractivity contribution < 1.29 is 19.0 Å². The first-order valence-corrected chi connectivity index (χ1v) is 6.52. The fourth-order valence-corrected chi connectivity index (χ4v) is 1.38. The van der Waals surface area contributed by atoms with E-state index in [9.17, 15) is 9.36 Å². The minimum Gasteiger partial charge on any atom is -0.460 e. The number of ether oxygens (including phenoxy) is 1. The average Bonchev–Trinajstić information content (AvgIpc) is 2.25. The largest absolute Gasteiger partial charge is 0.460 e. The van der Waals surface area contributed by atoms with Gasteiger partial charge in [-0.3, -0.25) is 14.9 Å². The third kappa shape index (κ3) is 3.77. The lowest BCUT2D eigenvalue weighted by molar-refractivity contribution is -0.144. The molecular formula is C10H14NO4P. The van der Waals surface area contributed by atoms with Crippen molar-refractivity contribution in [3.63, 3.8) is 0 Å². The third-order valence-corrected chi connectivity index (χ3v) is 3.44. The molecule has 0 aliphatic carbocycles. The SMILES string of the molecule is C[C@@H](C(=O)OCc1ccccc1)P(N)(=O)O. The first-order chi connectivity index (χ1) is 7.41. The molecule has 1 unspecified atom stereocenters. The van der Waals surface area contributed by atoms with Crippen LogP contribution in [0, 0.1) is 0 Å². The quantitative estimate of drug-likeness (QED) is 0.613. The second-order valence-corrected chi connectivity index (χ2v) is 5.56. The summed E-state index contributed by atoms with van der Waals surface area (Å²) >= 11 is 0. The molecule has 6 heteroatoms. The van der Waals surface area contributed by atoms with E-state index in [1.165, 1.54) is 6.92 Å². The van der Waals surface area contributed by atoms with Gasteiger partial charge in [-0.15, -0.1) is 0 Å². The highest BCUT2D eigenvalue weighted by Gasteiger charge is 2.30. The second kappa shape index (κ2) is 5.25. The highest BCUT2D eigenvalue weighted by Crippen LogP contribution is 2.37. The van der Waals surface area contributed by atoms with Gasteiger partial charge in [-0.25, -0.2) is 0 Å². The molecule has 0 spiro atoms. The van der Waals surface area contributed by atoms with Gasteiger partial charge in [0.05, 0.1) is 0 Å². The lowest BCUT2D eigenvalue weighted by Crippen LogP contribution is -2.23. The fourth-order valence-electron chi connectivity index (χ4n) is 1.00. The summed E-state index contributed by atoms with van der Waals surface area (Å²) in [5, 5.41) is 0. The van der Waals surface area contributed by atoms with Crippen molar-refractivity contribution in [1.82, 2.24) is 0 Å². The number of carbonyl (C=O) groups excluding carboxylic acids is 1. The van der Waals surface area contributed by atoms with Gasteiger partial charge >= 0.3 is 5.97 Å². The molecule has 5 nitrogen and oxygen atoms in total. The van der Waals surface area contributed by atoms with Gasteiger partial charge in [0.15, 0.2) is 0 Å². The zero-order valence-electron chi connectivity index (χ0n) is 8.87. The topological polar surface area (TPSA) is 89.6 Å². The number of esters is 1. The van der Waals surface area contributed by atoms with Gasteiger partial charge < -0.3 is 9.63 Å². The maximum absolute atomic E-state index is 11.3. The minimum absolute atomic E-state index is 0.0734. The van der Waals surface area contributed by atoms with Crippen LogP contribution < -0.4 is 5.50 Å². The highest BCUT2D eigenvalue weighted by atomic mass is 31.2. The minimum atomic E-state index is -3.91. The van der Waals surface area contributed by atoms with Crippen molar-refractivity contribution in [2.45, 2.75) is 19.2 Å². The molecule has 0 bridgehead atoms. The van der Waals surface area contributed by atoms with Crippen LogP contribution in [0.15, 0.2) is 30.3 Å². The zero-order chi connectivity index (χ0) is 12.2. The second-order valence-electron chi connectivity index (χ2n) is 3.44. The molecule has 0 radical (unpaired) electrons. The summed E-state index contributed by atoms with van der Waals surface area (Å²) in [6.45, 7) is 1.35. The molecule has 1 aromatic rings. The zero-order valence-corrected chi connectivity index (χ0v) is 9.76. The van der Waals surface area contributed by atoms with Crippen molar-refractivity contribution in [2.24, 2.45) is 5.50 Å². The molecule has 0 aliphatic heterocycles. The normalized spacial score (nSPS) is 16.2. The van der Waals surface area contributed by atoms with Gasteiger partial charge in [-0.1, -0.05) is 30.3 Å². The smallest absolute Gasteiger partial charge is 0.320 e. The Morgan fingerprint density at radius 2 is 2.06 bits per heavy atom. The van der Waals surface area contributed by atoms with E-state index in [4.69, 9.17) is 15.1 Å². The van der Waals surface area contributed by atoms with Crippen LogP contribution in [0.25, 0.3) is 0 Å². The summed E-state index contributed by atoms with van der Waals surface area (Å²) in [6.07, 6.45) is 0. The molecule has 3 N–H and O–H groups in total. The molecular weight excluding hydrogens is 229 g/mol. The van der Waals surface area contributed by atoms with Gasteiger partial charge in [0.2, 0.25) is 0 Å². The van der Waals surface area contributed by atoms with E-state index in [1.54, 1.807) is 12.1 Å². The standard InChI is InChI=1S/C10H14NO4P/c1-8(16(11,13)14)10(12)15-7-9-5-3-2-4-6-9/h2-6,8H,7H2,1H3,(H3,11,13,14)/t8-/m0/s1. The monoisotopic (exact) mass is 243 g/mol. The lowest BCUT2D eigenvalue weighted by atomic mass is 10.2. The Hall–Kier alpha value is -1.16. The van der Waals surface area contributed by atoms with E-state index < -0.39 is 19.1 Å². The number of rotatable bonds is 4. The summed E-state index contributed by atoms with van der Waals surface area (Å²) in [5.41, 5.74) is 4.57. The van der Waals surface area contributed by atoms with Crippen LogP contribution in [-0.4, -0.2) is 16.5 Å². The van der Waals surface area contributed by atoms with Crippen LogP contribution in [0.2, 0.25) is 0 Å². The Labute approximate surface area is 93.7 Å². The Morgan fingerprint density at radius 1 is 1.50 bits per heavy atom. The highest BCUT2D eigenvalue weighted by molar-refractivity contribution is 7.57. The predicted octanol–water partition coefficient (Wildman–Crippen LogP) is 1.26. The summed E-state index contributed by atoms with van der Waals surface area (Å²) in [6, 6.07) is 9.05. The van der Waals surface area contributed by atoms with Crippen LogP contribution in [0.5, 0.6) is 0 Å². The number of carbonyl (C=O) groups is 1. The molecule has 0 saturated carbocycles. The van der Waals surface area contributed by atoms with Crippen molar-refractivity contribution in [3.8, 4) is 0 Å². The van der Waals surface area contributed by atoms with Crippen molar-refractivity contribution in [3.05, 3.63) is 35.9 Å². The van der Waals surface area contributed by atoms with Crippen molar-refractivity contribution in [2.75, 3.05) is 0 Å². The van der Waals surface area contributed by atoms with E-state index >= 15 is 0 Å². The Balaban J connectivity index is 2.51. The predicted molar refractivity (Wildman–Crippen MR) is 59.7 cm³/mol. The molecule has 0 aliphatic rings. The van der Waals surface area contributed by atoms with Crippen LogP contribution in [0.1, 0.15) is 12.5 Å². The van der Waals surface area contributed by atoms with E-state index in [0.717, 1.165) is 5.56 Å². The summed E-state index contributed by atoms with van der Waals surface area (Å²) in [4.78, 5) is 20.3. The van der Waals surface area contributed by atoms with Crippen molar-refractivity contribution in [1.29, 1.82) is 0 Å². The first-order valence-electron chi connectivity index (χ1n) is 4.73. The fraction of sp³-hybridized carbons (Fsp3) is 0.300. The number of hydrogen-bond acceptors (Lipinski definition) is 3. The molecule has 2 atom stereocenters. The Kier molecular flexibility index (Phi) is 4.24. The van der Waals surface area contributed by atoms with Crippen molar-refractivity contribution >= 4 is 13.5 Å². The molecule has 16 heavy (non-hydrogen) atoms. The Morgan fingerprint density at radius 3 is 2.56 bits per heavy atom. The van der Waals surface area contributed by atoms with Crippen LogP contribution in [0.3, 0.4) is 0 Å². The molecule has 1 rings (SSSR count). The van der Waals surface area contributed by atoms with Gasteiger partial charge in [0, 0.05) is 0 Å². The van der Waals surface area contributed by atoms with Gasteiger partial charge in [-0.2, -0.15) is 0 Å². The van der Waals surface area contributed by atoms with Crippen LogP contribution in [-0.2, 0) is 20.7 Å². The first kappa shape index (κ1) is 12.9. The maximum atomic E-state index is 11.3. The number of benzene rings is 1. The van der Waals surface area contributed by atoms with Crippen LogP contribution >= 0.6 is 7.52 Å². The van der Waals surface area contributed by atoms with E-state index in [-0.39, 0.29) is 6.61 Å².